The van der Waals surface area contributed by atoms with Gasteiger partial charge in [0.05, 0.1) is 6.61 Å². The van der Waals surface area contributed by atoms with Crippen LogP contribution in [-0.2, 0) is 15.6 Å². The van der Waals surface area contributed by atoms with E-state index in [1.165, 1.54) is 0 Å². The van der Waals surface area contributed by atoms with E-state index in [1.54, 1.807) is 24.3 Å². The predicted molar refractivity (Wildman–Crippen MR) is 126 cm³/mol. The molecule has 31 heavy (non-hydrogen) atoms. The van der Waals surface area contributed by atoms with E-state index in [4.69, 9.17) is 20.5 Å². The fraction of sp³-hybridized carbons (Fsp3) is 0.125. The molecule has 0 amide bonds. The summed E-state index contributed by atoms with van der Waals surface area (Å²) in [7, 11) is -3.49. The van der Waals surface area contributed by atoms with Gasteiger partial charge in [-0.25, -0.2) is 4.98 Å². The van der Waals surface area contributed by atoms with Crippen molar-refractivity contribution in [3.05, 3.63) is 95.5 Å². The minimum absolute atomic E-state index is 0.265. The minimum atomic E-state index is -3.49. The molecule has 158 valence electrons. The molecule has 5 nitrogen and oxygen atoms in total. The Kier molecular flexibility index (Phi) is 6.57. The Balaban J connectivity index is 1.79. The number of benzene rings is 3. The van der Waals surface area contributed by atoms with E-state index in [9.17, 15) is 4.57 Å². The first-order chi connectivity index (χ1) is 15.1. The van der Waals surface area contributed by atoms with Gasteiger partial charge in [0.15, 0.2) is 5.44 Å². The fourth-order valence-electron chi connectivity index (χ4n) is 3.18. The molecule has 1 N–H and O–H groups in total. The van der Waals surface area contributed by atoms with Crippen LogP contribution in [0.4, 0.5) is 5.88 Å². The van der Waals surface area contributed by atoms with Gasteiger partial charge in [0.1, 0.15) is 0 Å². The van der Waals surface area contributed by atoms with Crippen LogP contribution in [0, 0.1) is 0 Å². The summed E-state index contributed by atoms with van der Waals surface area (Å²) in [5.74, 6) is 0.674. The smallest absolute Gasteiger partial charge is 0.284 e. The van der Waals surface area contributed by atoms with Crippen LogP contribution in [0.3, 0.4) is 0 Å². The van der Waals surface area contributed by atoms with Gasteiger partial charge in [-0.1, -0.05) is 60.1 Å². The second-order valence-electron chi connectivity index (χ2n) is 6.82. The van der Waals surface area contributed by atoms with Gasteiger partial charge in [0, 0.05) is 22.4 Å². The molecule has 0 bridgehead atoms. The first-order valence-electron chi connectivity index (χ1n) is 9.95. The lowest BCUT2D eigenvalue weighted by Crippen LogP contribution is -2.22. The van der Waals surface area contributed by atoms with Gasteiger partial charge in [-0.05, 0) is 48.9 Å². The van der Waals surface area contributed by atoms with Gasteiger partial charge in [-0.3, -0.25) is 4.57 Å². The molecule has 0 aliphatic heterocycles. The number of oxazole rings is 1. The van der Waals surface area contributed by atoms with Crippen molar-refractivity contribution in [2.24, 2.45) is 0 Å². The zero-order chi connectivity index (χ0) is 21.7. The van der Waals surface area contributed by atoms with E-state index in [0.29, 0.717) is 28.6 Å². The fourth-order valence-corrected chi connectivity index (χ4v) is 5.37. The van der Waals surface area contributed by atoms with E-state index in [2.05, 4.69) is 10.3 Å². The van der Waals surface area contributed by atoms with Crippen LogP contribution >= 0.6 is 19.0 Å². The minimum Gasteiger partial charge on any atom is -0.420 e. The van der Waals surface area contributed by atoms with E-state index < -0.39 is 7.37 Å². The molecule has 4 rings (SSSR count). The van der Waals surface area contributed by atoms with Crippen molar-refractivity contribution in [1.29, 1.82) is 0 Å². The van der Waals surface area contributed by atoms with Crippen molar-refractivity contribution >= 4 is 35.6 Å². The maximum atomic E-state index is 14.1. The average Bonchev–Trinajstić information content (AvgIpc) is 3.24. The van der Waals surface area contributed by atoms with Crippen LogP contribution in [0.2, 0.25) is 5.02 Å². The third kappa shape index (κ3) is 4.75. The summed E-state index contributed by atoms with van der Waals surface area (Å²) >= 11 is 6.02. The maximum Gasteiger partial charge on any atom is 0.284 e. The lowest BCUT2D eigenvalue weighted by molar-refractivity contribution is 0.347. The summed E-state index contributed by atoms with van der Waals surface area (Å²) in [6.07, 6.45) is 0. The molecule has 0 fully saturated rings. The first kappa shape index (κ1) is 21.4. The molecule has 0 saturated heterocycles. The maximum absolute atomic E-state index is 14.1. The number of nitrogens with one attached hydrogen (secondary N) is 1. The van der Waals surface area contributed by atoms with Crippen molar-refractivity contribution in [3.8, 4) is 11.5 Å². The van der Waals surface area contributed by atoms with Crippen molar-refractivity contribution in [2.45, 2.75) is 13.5 Å². The van der Waals surface area contributed by atoms with Crippen LogP contribution < -0.4 is 16.1 Å². The van der Waals surface area contributed by atoms with Gasteiger partial charge < -0.3 is 14.3 Å². The highest BCUT2D eigenvalue weighted by atomic mass is 35.5. The Morgan fingerprint density at radius 3 is 2.26 bits per heavy atom. The van der Waals surface area contributed by atoms with Gasteiger partial charge in [0.2, 0.25) is 11.8 Å². The lowest BCUT2D eigenvalue weighted by Gasteiger charge is -2.17. The molecule has 1 atom stereocenters. The summed E-state index contributed by atoms with van der Waals surface area (Å²) in [6.45, 7) is 2.57. The van der Waals surface area contributed by atoms with Crippen LogP contribution in [0.15, 0.2) is 89.3 Å². The highest BCUT2D eigenvalue weighted by Crippen LogP contribution is 2.47. The number of halogens is 1. The van der Waals surface area contributed by atoms with Crippen LogP contribution in [-0.4, -0.2) is 11.6 Å². The topological polar surface area (TPSA) is 64.4 Å². The normalized spacial score (nSPS) is 13.0. The molecule has 1 heterocycles. The van der Waals surface area contributed by atoms with E-state index >= 15 is 0 Å². The predicted octanol–water partition coefficient (Wildman–Crippen LogP) is 5.87. The molecule has 0 saturated carbocycles. The number of aromatic nitrogens is 1. The third-order valence-electron chi connectivity index (χ3n) is 4.68. The SMILES string of the molecule is CCO[P@](=O)(c1ccccc1)c1nc(-c2ccc(Cl)cc2)oc1NCc1ccccc1. The standard InChI is InChI=1S/C24H22ClN2O3P/c1-2-29-31(28,21-11-7-4-8-12-21)24-23(26-17-18-9-5-3-6-10-18)30-22(27-24)19-13-15-20(25)16-14-19/h3-16,26H,2,17H2,1H3/t31-/m1/s1. The summed E-state index contributed by atoms with van der Waals surface area (Å²) < 4.78 is 26.0. The van der Waals surface area contributed by atoms with E-state index in [0.717, 1.165) is 11.1 Å². The highest BCUT2D eigenvalue weighted by Gasteiger charge is 2.36. The van der Waals surface area contributed by atoms with Gasteiger partial charge in [-0.15, -0.1) is 0 Å². The number of rotatable bonds is 8. The Hall–Kier alpha value is -2.85. The molecular formula is C24H22ClN2O3P. The third-order valence-corrected chi connectivity index (χ3v) is 7.39. The van der Waals surface area contributed by atoms with Crippen LogP contribution in [0.25, 0.3) is 11.5 Å². The molecule has 0 aliphatic carbocycles. The van der Waals surface area contributed by atoms with Crippen LogP contribution in [0.1, 0.15) is 12.5 Å². The molecule has 0 radical (unpaired) electrons. The lowest BCUT2D eigenvalue weighted by atomic mass is 10.2. The quantitative estimate of drug-likeness (QED) is 0.338. The second-order valence-corrected chi connectivity index (χ2v) is 9.56. The molecule has 3 aromatic carbocycles. The molecule has 4 aromatic rings. The van der Waals surface area contributed by atoms with Gasteiger partial charge >= 0.3 is 0 Å². The molecule has 0 unspecified atom stereocenters. The Labute approximate surface area is 186 Å². The van der Waals surface area contributed by atoms with Crippen molar-refractivity contribution in [1.82, 2.24) is 4.98 Å². The Bertz CT molecular complexity index is 1180. The number of hydrogen-bond acceptors (Lipinski definition) is 5. The van der Waals surface area contributed by atoms with Crippen LogP contribution in [0.5, 0.6) is 0 Å². The Morgan fingerprint density at radius 2 is 1.61 bits per heavy atom. The van der Waals surface area contributed by atoms with E-state index in [1.807, 2.05) is 67.6 Å². The summed E-state index contributed by atoms with van der Waals surface area (Å²) in [6, 6.07) is 26.1. The molecule has 1 aromatic heterocycles. The largest absolute Gasteiger partial charge is 0.420 e. The van der Waals surface area contributed by atoms with E-state index in [-0.39, 0.29) is 12.0 Å². The molecule has 0 spiro atoms. The Morgan fingerprint density at radius 1 is 0.968 bits per heavy atom. The van der Waals surface area contributed by atoms with Crippen molar-refractivity contribution in [3.63, 3.8) is 0 Å². The average molecular weight is 453 g/mol. The second kappa shape index (κ2) is 9.52. The van der Waals surface area contributed by atoms with Crippen molar-refractivity contribution in [2.75, 3.05) is 11.9 Å². The van der Waals surface area contributed by atoms with Crippen molar-refractivity contribution < 1.29 is 13.5 Å². The monoisotopic (exact) mass is 452 g/mol. The highest BCUT2D eigenvalue weighted by molar-refractivity contribution is 7.74. The van der Waals surface area contributed by atoms with Gasteiger partial charge in [-0.2, -0.15) is 0 Å². The molecular weight excluding hydrogens is 431 g/mol. The summed E-state index contributed by atoms with van der Waals surface area (Å²) in [5.41, 5.74) is 2.06. The number of nitrogens with zero attached hydrogens (tertiary/aromatic N) is 1. The van der Waals surface area contributed by atoms with Gasteiger partial charge in [0.25, 0.3) is 7.37 Å². The zero-order valence-electron chi connectivity index (χ0n) is 17.0. The summed E-state index contributed by atoms with van der Waals surface area (Å²) in [4.78, 5) is 4.63. The molecule has 7 heteroatoms. The number of anilines is 1. The first-order valence-corrected chi connectivity index (χ1v) is 12.0. The zero-order valence-corrected chi connectivity index (χ0v) is 18.6. The summed E-state index contributed by atoms with van der Waals surface area (Å²) in [5, 5.41) is 4.44. The molecule has 0 aliphatic rings. The number of hydrogen-bond donors (Lipinski definition) is 1.